The third kappa shape index (κ3) is 1.90. The van der Waals surface area contributed by atoms with Crippen molar-refractivity contribution in [1.29, 1.82) is 0 Å². The predicted molar refractivity (Wildman–Crippen MR) is 52.5 cm³/mol. The van der Waals surface area contributed by atoms with E-state index >= 15 is 0 Å². The van der Waals surface area contributed by atoms with Gasteiger partial charge >= 0.3 is 0 Å². The van der Waals surface area contributed by atoms with Gasteiger partial charge in [-0.2, -0.15) is 0 Å². The molecule has 4 nitrogen and oxygen atoms in total. The van der Waals surface area contributed by atoms with Crippen molar-refractivity contribution in [3.63, 3.8) is 0 Å². The van der Waals surface area contributed by atoms with E-state index in [-0.39, 0.29) is 0 Å². The van der Waals surface area contributed by atoms with Crippen molar-refractivity contribution in [3.05, 3.63) is 11.5 Å². The molecule has 14 heavy (non-hydrogen) atoms. The second-order valence-corrected chi connectivity index (χ2v) is 3.72. The van der Waals surface area contributed by atoms with Crippen LogP contribution >= 0.6 is 0 Å². The quantitative estimate of drug-likeness (QED) is 0.777. The van der Waals surface area contributed by atoms with Crippen molar-refractivity contribution in [3.8, 4) is 5.75 Å². The predicted octanol–water partition coefficient (Wildman–Crippen LogP) is 1.42. The van der Waals surface area contributed by atoms with E-state index in [9.17, 15) is 0 Å². The summed E-state index contributed by atoms with van der Waals surface area (Å²) in [4.78, 5) is 0. The van der Waals surface area contributed by atoms with Crippen molar-refractivity contribution in [1.82, 2.24) is 10.5 Å². The highest BCUT2D eigenvalue weighted by atomic mass is 16.5. The Bertz CT molecular complexity index is 284. The highest BCUT2D eigenvalue weighted by molar-refractivity contribution is 5.28. The van der Waals surface area contributed by atoms with Gasteiger partial charge in [0.15, 0.2) is 11.5 Å². The molecule has 0 aliphatic carbocycles. The molecule has 1 N–H and O–H groups in total. The highest BCUT2D eigenvalue weighted by Crippen LogP contribution is 2.24. The Balaban J connectivity index is 2.02. The standard InChI is InChI=1S/C10H16N2O2/c1-7-10(8(2)14-12-7)13-9-3-5-11-6-4-9/h9,11H,3-6H2,1-2H3. The van der Waals surface area contributed by atoms with E-state index in [2.05, 4.69) is 10.5 Å². The third-order valence-electron chi connectivity index (χ3n) is 2.54. The lowest BCUT2D eigenvalue weighted by molar-refractivity contribution is 0.158. The number of aromatic nitrogens is 1. The summed E-state index contributed by atoms with van der Waals surface area (Å²) in [5.41, 5.74) is 0.848. The average molecular weight is 196 g/mol. The van der Waals surface area contributed by atoms with Crippen LogP contribution in [0.3, 0.4) is 0 Å². The van der Waals surface area contributed by atoms with Crippen molar-refractivity contribution in [2.24, 2.45) is 0 Å². The smallest absolute Gasteiger partial charge is 0.184 e. The SMILES string of the molecule is Cc1noc(C)c1OC1CCNCC1. The van der Waals surface area contributed by atoms with Gasteiger partial charge in [-0.1, -0.05) is 5.16 Å². The minimum Gasteiger partial charge on any atom is -0.485 e. The Morgan fingerprint density at radius 1 is 1.36 bits per heavy atom. The fourth-order valence-electron chi connectivity index (χ4n) is 1.72. The number of piperidine rings is 1. The van der Waals surface area contributed by atoms with Crippen LogP contribution in [0.2, 0.25) is 0 Å². The van der Waals surface area contributed by atoms with Crippen LogP contribution in [-0.2, 0) is 0 Å². The molecule has 0 atom stereocenters. The van der Waals surface area contributed by atoms with Crippen LogP contribution in [0.15, 0.2) is 4.52 Å². The lowest BCUT2D eigenvalue weighted by Gasteiger charge is -2.23. The maximum absolute atomic E-state index is 5.86. The fourth-order valence-corrected chi connectivity index (χ4v) is 1.72. The molecule has 0 bridgehead atoms. The van der Waals surface area contributed by atoms with E-state index in [1.54, 1.807) is 0 Å². The van der Waals surface area contributed by atoms with Gasteiger partial charge in [0.25, 0.3) is 0 Å². The van der Waals surface area contributed by atoms with Crippen LogP contribution < -0.4 is 10.1 Å². The molecule has 1 fully saturated rings. The second kappa shape index (κ2) is 4.00. The zero-order valence-electron chi connectivity index (χ0n) is 8.67. The van der Waals surface area contributed by atoms with Crippen molar-refractivity contribution >= 4 is 0 Å². The number of nitrogens with zero attached hydrogens (tertiary/aromatic N) is 1. The molecular formula is C10H16N2O2. The van der Waals surface area contributed by atoms with Gasteiger partial charge in [-0.3, -0.25) is 0 Å². The minimum atomic E-state index is 0.313. The zero-order chi connectivity index (χ0) is 9.97. The molecule has 0 aromatic carbocycles. The largest absolute Gasteiger partial charge is 0.485 e. The molecule has 78 valence electrons. The molecular weight excluding hydrogens is 180 g/mol. The maximum Gasteiger partial charge on any atom is 0.184 e. The average Bonchev–Trinajstić information content (AvgIpc) is 2.51. The van der Waals surface area contributed by atoms with Crippen LogP contribution in [0.25, 0.3) is 0 Å². The second-order valence-electron chi connectivity index (χ2n) is 3.72. The van der Waals surface area contributed by atoms with Crippen LogP contribution in [0.5, 0.6) is 5.75 Å². The van der Waals surface area contributed by atoms with E-state index in [4.69, 9.17) is 9.26 Å². The van der Waals surface area contributed by atoms with Crippen LogP contribution in [0.4, 0.5) is 0 Å². The van der Waals surface area contributed by atoms with Gasteiger partial charge in [0.2, 0.25) is 0 Å². The summed E-state index contributed by atoms with van der Waals surface area (Å²) in [6.07, 6.45) is 2.43. The molecule has 0 saturated carbocycles. The molecule has 0 spiro atoms. The van der Waals surface area contributed by atoms with Crippen LogP contribution in [0.1, 0.15) is 24.3 Å². The number of hydrogen-bond acceptors (Lipinski definition) is 4. The minimum absolute atomic E-state index is 0.313. The summed E-state index contributed by atoms with van der Waals surface area (Å²) < 4.78 is 10.9. The van der Waals surface area contributed by atoms with Gasteiger partial charge < -0.3 is 14.6 Å². The van der Waals surface area contributed by atoms with Crippen molar-refractivity contribution in [2.45, 2.75) is 32.8 Å². The van der Waals surface area contributed by atoms with Gasteiger partial charge in [0.05, 0.1) is 0 Å². The summed E-state index contributed by atoms with van der Waals surface area (Å²) in [6, 6.07) is 0. The lowest BCUT2D eigenvalue weighted by Crippen LogP contribution is -2.34. The first kappa shape index (κ1) is 9.52. The summed E-state index contributed by atoms with van der Waals surface area (Å²) in [6.45, 7) is 5.87. The highest BCUT2D eigenvalue weighted by Gasteiger charge is 2.18. The Morgan fingerprint density at radius 2 is 2.07 bits per heavy atom. The summed E-state index contributed by atoms with van der Waals surface area (Å²) in [5, 5.41) is 7.17. The first-order valence-corrected chi connectivity index (χ1v) is 5.07. The van der Waals surface area contributed by atoms with E-state index in [1.807, 2.05) is 13.8 Å². The third-order valence-corrected chi connectivity index (χ3v) is 2.54. The van der Waals surface area contributed by atoms with E-state index in [0.717, 1.165) is 43.1 Å². The number of ether oxygens (including phenoxy) is 1. The first-order chi connectivity index (χ1) is 6.77. The monoisotopic (exact) mass is 196 g/mol. The normalized spacial score (nSPS) is 18.4. The van der Waals surface area contributed by atoms with Crippen LogP contribution in [0, 0.1) is 13.8 Å². The first-order valence-electron chi connectivity index (χ1n) is 5.07. The molecule has 1 aliphatic heterocycles. The molecule has 1 saturated heterocycles. The van der Waals surface area contributed by atoms with E-state index in [1.165, 1.54) is 0 Å². The van der Waals surface area contributed by atoms with E-state index in [0.29, 0.717) is 6.10 Å². The number of hydrogen-bond donors (Lipinski definition) is 1. The van der Waals surface area contributed by atoms with Gasteiger partial charge in [-0.25, -0.2) is 0 Å². The van der Waals surface area contributed by atoms with Gasteiger partial charge in [-0.05, 0) is 32.9 Å². The Kier molecular flexibility index (Phi) is 2.72. The van der Waals surface area contributed by atoms with Gasteiger partial charge in [0.1, 0.15) is 11.8 Å². The summed E-state index contributed by atoms with van der Waals surface area (Å²) in [7, 11) is 0. The van der Waals surface area contributed by atoms with Crippen molar-refractivity contribution < 1.29 is 9.26 Å². The molecule has 0 unspecified atom stereocenters. The fraction of sp³-hybridized carbons (Fsp3) is 0.700. The molecule has 1 aromatic rings. The number of nitrogens with one attached hydrogen (secondary N) is 1. The van der Waals surface area contributed by atoms with Crippen molar-refractivity contribution in [2.75, 3.05) is 13.1 Å². The Morgan fingerprint density at radius 3 is 2.64 bits per heavy atom. The molecule has 0 radical (unpaired) electrons. The number of aryl methyl sites for hydroxylation is 2. The molecule has 4 heteroatoms. The summed E-state index contributed by atoms with van der Waals surface area (Å²) >= 11 is 0. The van der Waals surface area contributed by atoms with Gasteiger partial charge in [-0.15, -0.1) is 0 Å². The lowest BCUT2D eigenvalue weighted by atomic mass is 10.1. The molecule has 1 aromatic heterocycles. The Hall–Kier alpha value is -1.03. The molecule has 2 rings (SSSR count). The zero-order valence-corrected chi connectivity index (χ0v) is 8.67. The van der Waals surface area contributed by atoms with Crippen LogP contribution in [-0.4, -0.2) is 24.4 Å². The maximum atomic E-state index is 5.86. The molecule has 1 aliphatic rings. The molecule has 0 amide bonds. The number of rotatable bonds is 2. The Labute approximate surface area is 83.6 Å². The van der Waals surface area contributed by atoms with E-state index < -0.39 is 0 Å². The summed E-state index contributed by atoms with van der Waals surface area (Å²) in [5.74, 6) is 1.61. The topological polar surface area (TPSA) is 47.3 Å². The van der Waals surface area contributed by atoms with Gasteiger partial charge in [0, 0.05) is 6.92 Å². The molecule has 2 heterocycles.